The number of ether oxygens (including phenoxy) is 3. The number of nitrogens with two attached hydrogens (primary N) is 1. The van der Waals surface area contributed by atoms with Gasteiger partial charge in [0.2, 0.25) is 0 Å². The van der Waals surface area contributed by atoms with Crippen LogP contribution in [0.4, 0.5) is 5.82 Å². The van der Waals surface area contributed by atoms with Gasteiger partial charge in [-0.15, -0.1) is 0 Å². The summed E-state index contributed by atoms with van der Waals surface area (Å²) >= 11 is 0. The van der Waals surface area contributed by atoms with Crippen LogP contribution < -0.4 is 16.2 Å². The van der Waals surface area contributed by atoms with Crippen molar-refractivity contribution in [3.8, 4) is 6.01 Å². The van der Waals surface area contributed by atoms with E-state index < -0.39 is 25.7 Å². The molecule has 0 aliphatic rings. The molecule has 5 N–H and O–H groups in total. The topological polar surface area (TPSA) is 175 Å². The standard InChI is InChI=1S/C12H20N5O7P/c1-7(24-6-25(19,20)21)5-17-10-8(14-12(17)18)9(13)15-11(16-10)23-4-3-22-2/h7H,3-6H2,1-2H3,(H,14,18)(H2,13,15,16)(H2,19,20,21). The van der Waals surface area contributed by atoms with Crippen molar-refractivity contribution in [2.75, 3.05) is 32.4 Å². The first kappa shape index (κ1) is 19.3. The van der Waals surface area contributed by atoms with Gasteiger partial charge in [0.1, 0.15) is 18.5 Å². The normalized spacial score (nSPS) is 13.3. The first-order valence-corrected chi connectivity index (χ1v) is 9.05. The smallest absolute Gasteiger partial charge is 0.350 e. The SMILES string of the molecule is COCCOc1nc(N)c2[nH]c(=O)n(CC(C)OCP(=O)(O)O)c2n1. The summed E-state index contributed by atoms with van der Waals surface area (Å²) in [7, 11) is -2.78. The number of aromatic amines is 1. The summed E-state index contributed by atoms with van der Waals surface area (Å²) in [5.74, 6) is 0.0389. The van der Waals surface area contributed by atoms with E-state index in [2.05, 4.69) is 15.0 Å². The van der Waals surface area contributed by atoms with E-state index in [1.54, 1.807) is 6.92 Å². The third kappa shape index (κ3) is 5.25. The van der Waals surface area contributed by atoms with Gasteiger partial charge in [-0.05, 0) is 6.92 Å². The van der Waals surface area contributed by atoms with Crippen molar-refractivity contribution in [2.24, 2.45) is 0 Å². The van der Waals surface area contributed by atoms with Crippen LogP contribution in [-0.4, -0.2) is 62.1 Å². The molecule has 0 saturated heterocycles. The van der Waals surface area contributed by atoms with E-state index >= 15 is 0 Å². The lowest BCUT2D eigenvalue weighted by Crippen LogP contribution is -2.25. The molecule has 0 aliphatic carbocycles. The average Bonchev–Trinajstić information content (AvgIpc) is 2.82. The van der Waals surface area contributed by atoms with E-state index in [0.717, 1.165) is 0 Å². The Morgan fingerprint density at radius 1 is 1.36 bits per heavy atom. The Bertz CT molecular complexity index is 829. The highest BCUT2D eigenvalue weighted by molar-refractivity contribution is 7.51. The van der Waals surface area contributed by atoms with Gasteiger partial charge in [-0.25, -0.2) is 4.79 Å². The number of fused-ring (bicyclic) bond motifs is 1. The molecule has 25 heavy (non-hydrogen) atoms. The van der Waals surface area contributed by atoms with Gasteiger partial charge in [0.05, 0.1) is 19.3 Å². The van der Waals surface area contributed by atoms with E-state index in [9.17, 15) is 9.36 Å². The molecule has 0 spiro atoms. The molecule has 0 aliphatic heterocycles. The second kappa shape index (κ2) is 7.93. The maximum atomic E-state index is 12.1. The molecule has 2 heterocycles. The van der Waals surface area contributed by atoms with Crippen LogP contribution in [0.15, 0.2) is 4.79 Å². The van der Waals surface area contributed by atoms with Crippen molar-refractivity contribution in [1.29, 1.82) is 0 Å². The minimum Gasteiger partial charge on any atom is -0.461 e. The van der Waals surface area contributed by atoms with Crippen molar-refractivity contribution >= 4 is 24.6 Å². The fourth-order valence-corrected chi connectivity index (χ4v) is 2.46. The van der Waals surface area contributed by atoms with Crippen molar-refractivity contribution in [2.45, 2.75) is 19.6 Å². The summed E-state index contributed by atoms with van der Waals surface area (Å²) in [6.07, 6.45) is -1.40. The van der Waals surface area contributed by atoms with Crippen molar-refractivity contribution in [1.82, 2.24) is 19.5 Å². The quantitative estimate of drug-likeness (QED) is 0.322. The predicted octanol–water partition coefficient (Wildman–Crippen LogP) is -0.733. The van der Waals surface area contributed by atoms with Crippen LogP contribution in [0, 0.1) is 0 Å². The summed E-state index contributed by atoms with van der Waals surface area (Å²) in [5, 5.41) is 0. The maximum Gasteiger partial charge on any atom is 0.350 e. The lowest BCUT2D eigenvalue weighted by atomic mass is 10.4. The number of nitrogens with one attached hydrogen (secondary N) is 1. The van der Waals surface area contributed by atoms with Gasteiger partial charge in [-0.3, -0.25) is 9.13 Å². The Kier molecular flexibility index (Phi) is 6.14. The molecule has 0 aromatic carbocycles. The molecule has 0 saturated carbocycles. The Labute approximate surface area is 142 Å². The van der Waals surface area contributed by atoms with Crippen LogP contribution in [0.5, 0.6) is 6.01 Å². The summed E-state index contributed by atoms with van der Waals surface area (Å²) < 4.78 is 27.3. The second-order valence-electron chi connectivity index (χ2n) is 5.24. The summed E-state index contributed by atoms with van der Waals surface area (Å²) in [6, 6.07) is -0.0152. The molecule has 140 valence electrons. The number of H-pyrrole nitrogens is 1. The lowest BCUT2D eigenvalue weighted by molar-refractivity contribution is 0.0757. The highest BCUT2D eigenvalue weighted by atomic mass is 31.2. The van der Waals surface area contributed by atoms with Crippen LogP contribution in [0.2, 0.25) is 0 Å². The summed E-state index contributed by atoms with van der Waals surface area (Å²) in [5.41, 5.74) is 5.75. The minimum absolute atomic E-state index is 0.00674. The number of nitrogen functional groups attached to an aromatic ring is 1. The van der Waals surface area contributed by atoms with Gasteiger partial charge < -0.3 is 34.7 Å². The molecular weight excluding hydrogens is 357 g/mol. The van der Waals surface area contributed by atoms with Crippen molar-refractivity contribution in [3.63, 3.8) is 0 Å². The maximum absolute atomic E-state index is 12.1. The fraction of sp³-hybridized carbons (Fsp3) is 0.583. The van der Waals surface area contributed by atoms with Gasteiger partial charge in [-0.1, -0.05) is 0 Å². The molecule has 12 nitrogen and oxygen atoms in total. The molecule has 0 fully saturated rings. The van der Waals surface area contributed by atoms with Crippen LogP contribution >= 0.6 is 7.60 Å². The number of hydrogen-bond donors (Lipinski definition) is 4. The number of nitrogens with zero attached hydrogens (tertiary/aromatic N) is 3. The molecule has 0 bridgehead atoms. The molecule has 2 aromatic heterocycles. The van der Waals surface area contributed by atoms with Gasteiger partial charge in [0.15, 0.2) is 11.5 Å². The number of imidazole rings is 1. The fourth-order valence-electron chi connectivity index (χ4n) is 2.02. The molecular formula is C12H20N5O7P. The number of anilines is 1. The molecule has 2 rings (SSSR count). The summed E-state index contributed by atoms with van der Waals surface area (Å²) in [4.78, 5) is 40.4. The minimum atomic E-state index is -4.30. The summed E-state index contributed by atoms with van der Waals surface area (Å²) in [6.45, 7) is 2.11. The number of aromatic nitrogens is 4. The van der Waals surface area contributed by atoms with Crippen molar-refractivity contribution in [3.05, 3.63) is 10.5 Å². The van der Waals surface area contributed by atoms with Crippen LogP contribution in [0.1, 0.15) is 6.92 Å². The molecule has 13 heteroatoms. The van der Waals surface area contributed by atoms with Crippen LogP contribution in [-0.2, 0) is 20.6 Å². The van der Waals surface area contributed by atoms with Gasteiger partial charge in [0.25, 0.3) is 0 Å². The lowest BCUT2D eigenvalue weighted by Gasteiger charge is -2.14. The first-order valence-electron chi connectivity index (χ1n) is 7.25. The van der Waals surface area contributed by atoms with E-state index in [4.69, 9.17) is 29.7 Å². The number of rotatable bonds is 9. The highest BCUT2D eigenvalue weighted by Gasteiger charge is 2.19. The zero-order chi connectivity index (χ0) is 18.6. The third-order valence-electron chi connectivity index (χ3n) is 3.12. The van der Waals surface area contributed by atoms with E-state index in [1.807, 2.05) is 0 Å². The van der Waals surface area contributed by atoms with Gasteiger partial charge >= 0.3 is 19.3 Å². The van der Waals surface area contributed by atoms with E-state index in [0.29, 0.717) is 6.61 Å². The monoisotopic (exact) mass is 377 g/mol. The van der Waals surface area contributed by atoms with Gasteiger partial charge in [-0.2, -0.15) is 9.97 Å². The zero-order valence-electron chi connectivity index (χ0n) is 13.7. The largest absolute Gasteiger partial charge is 0.461 e. The highest BCUT2D eigenvalue weighted by Crippen LogP contribution is 2.34. The first-order chi connectivity index (χ1) is 11.7. The van der Waals surface area contributed by atoms with Crippen LogP contribution in [0.3, 0.4) is 0 Å². The Morgan fingerprint density at radius 3 is 2.72 bits per heavy atom. The van der Waals surface area contributed by atoms with Gasteiger partial charge in [0, 0.05) is 7.11 Å². The molecule has 0 amide bonds. The third-order valence-corrected chi connectivity index (χ3v) is 3.60. The Balaban J connectivity index is 2.25. The average molecular weight is 377 g/mol. The predicted molar refractivity (Wildman–Crippen MR) is 87.4 cm³/mol. The Hall–Kier alpha value is -1.98. The molecule has 1 atom stereocenters. The molecule has 2 aromatic rings. The molecule has 0 radical (unpaired) electrons. The zero-order valence-corrected chi connectivity index (χ0v) is 14.6. The number of hydrogen-bond acceptors (Lipinski definition) is 8. The van der Waals surface area contributed by atoms with Crippen LogP contribution in [0.25, 0.3) is 11.2 Å². The van der Waals surface area contributed by atoms with E-state index in [-0.39, 0.29) is 36.1 Å². The van der Waals surface area contributed by atoms with Crippen molar-refractivity contribution < 1.29 is 28.6 Å². The number of methoxy groups -OCH3 is 1. The Morgan fingerprint density at radius 2 is 2.08 bits per heavy atom. The second-order valence-corrected chi connectivity index (χ2v) is 6.83. The van der Waals surface area contributed by atoms with E-state index in [1.165, 1.54) is 11.7 Å². The molecule has 1 unspecified atom stereocenters.